The molecule has 0 aliphatic heterocycles. The molecule has 104 valence electrons. The van der Waals surface area contributed by atoms with Crippen molar-refractivity contribution in [1.29, 1.82) is 0 Å². The van der Waals surface area contributed by atoms with Crippen molar-refractivity contribution in [2.24, 2.45) is 0 Å². The molecule has 1 unspecified atom stereocenters. The maximum atomic E-state index is 5.84. The maximum Gasteiger partial charge on any atom is 0.157 e. The number of hydrogen-bond donors (Lipinski definition) is 1. The number of ether oxygens (including phenoxy) is 1. The summed E-state index contributed by atoms with van der Waals surface area (Å²) < 4.78 is 7.77. The molecule has 0 radical (unpaired) electrons. The fourth-order valence-electron chi connectivity index (χ4n) is 1.86. The zero-order valence-electron chi connectivity index (χ0n) is 12.0. The monoisotopic (exact) mass is 253 g/mol. The summed E-state index contributed by atoms with van der Waals surface area (Å²) in [6, 6.07) is 0. The molecule has 0 amide bonds. The summed E-state index contributed by atoms with van der Waals surface area (Å²) in [5, 5.41) is 7.66. The first-order chi connectivity index (χ1) is 8.76. The van der Waals surface area contributed by atoms with Crippen LogP contribution in [0.4, 0.5) is 0 Å². The lowest BCUT2D eigenvalue weighted by atomic mass is 10.2. The van der Waals surface area contributed by atoms with Gasteiger partial charge in [-0.05, 0) is 45.7 Å². The van der Waals surface area contributed by atoms with Gasteiger partial charge in [-0.1, -0.05) is 13.8 Å². The molecule has 0 aliphatic carbocycles. The van der Waals surface area contributed by atoms with Gasteiger partial charge in [-0.15, -0.1) is 0 Å². The third-order valence-electron chi connectivity index (χ3n) is 2.79. The van der Waals surface area contributed by atoms with E-state index in [0.29, 0.717) is 0 Å². The van der Waals surface area contributed by atoms with E-state index in [1.807, 2.05) is 17.1 Å². The highest BCUT2D eigenvalue weighted by Gasteiger charge is 2.05. The Hall–Kier alpha value is -1.03. The quantitative estimate of drug-likeness (QED) is 0.652. The van der Waals surface area contributed by atoms with E-state index in [-0.39, 0.29) is 6.10 Å². The number of nitrogens with zero attached hydrogens (tertiary/aromatic N) is 2. The van der Waals surface area contributed by atoms with E-state index in [0.717, 1.165) is 44.6 Å². The van der Waals surface area contributed by atoms with Gasteiger partial charge in [0.25, 0.3) is 0 Å². The van der Waals surface area contributed by atoms with E-state index in [4.69, 9.17) is 4.74 Å². The van der Waals surface area contributed by atoms with Crippen molar-refractivity contribution in [2.45, 2.75) is 59.1 Å². The van der Waals surface area contributed by atoms with E-state index < -0.39 is 0 Å². The number of nitrogens with one attached hydrogen (secondary N) is 1. The highest BCUT2D eigenvalue weighted by atomic mass is 16.5. The van der Waals surface area contributed by atoms with Gasteiger partial charge in [0, 0.05) is 6.54 Å². The standard InChI is InChI=1S/C14H27N3O/c1-4-8-15-9-6-7-13(3)18-14-11-16-17(12-14)10-5-2/h11-13,15H,4-10H2,1-3H3. The highest BCUT2D eigenvalue weighted by Crippen LogP contribution is 2.13. The van der Waals surface area contributed by atoms with Gasteiger partial charge in [0.1, 0.15) is 0 Å². The second-order valence-corrected chi connectivity index (χ2v) is 4.76. The van der Waals surface area contributed by atoms with E-state index in [9.17, 15) is 0 Å². The van der Waals surface area contributed by atoms with Crippen LogP contribution >= 0.6 is 0 Å². The van der Waals surface area contributed by atoms with Crippen LogP contribution in [-0.2, 0) is 6.54 Å². The van der Waals surface area contributed by atoms with Gasteiger partial charge in [-0.3, -0.25) is 4.68 Å². The Kier molecular flexibility index (Phi) is 7.49. The van der Waals surface area contributed by atoms with Crippen molar-refractivity contribution >= 4 is 0 Å². The molecule has 0 spiro atoms. The summed E-state index contributed by atoms with van der Waals surface area (Å²) in [5.41, 5.74) is 0. The van der Waals surface area contributed by atoms with E-state index in [2.05, 4.69) is 31.2 Å². The first-order valence-corrected chi connectivity index (χ1v) is 7.16. The molecule has 1 atom stereocenters. The number of aryl methyl sites for hydroxylation is 1. The summed E-state index contributed by atoms with van der Waals surface area (Å²) >= 11 is 0. The van der Waals surface area contributed by atoms with Crippen LogP contribution in [0.1, 0.15) is 46.5 Å². The predicted molar refractivity (Wildman–Crippen MR) is 75.0 cm³/mol. The lowest BCUT2D eigenvalue weighted by Gasteiger charge is -2.13. The molecule has 0 bridgehead atoms. The fraction of sp³-hybridized carbons (Fsp3) is 0.786. The minimum absolute atomic E-state index is 0.257. The van der Waals surface area contributed by atoms with Crippen molar-refractivity contribution in [3.8, 4) is 5.75 Å². The average Bonchev–Trinajstić information content (AvgIpc) is 2.77. The fourth-order valence-corrected chi connectivity index (χ4v) is 1.86. The van der Waals surface area contributed by atoms with Crippen molar-refractivity contribution in [1.82, 2.24) is 15.1 Å². The molecule has 1 aromatic heterocycles. The number of rotatable bonds is 10. The molecule has 0 aliphatic rings. The largest absolute Gasteiger partial charge is 0.487 e. The van der Waals surface area contributed by atoms with Gasteiger partial charge >= 0.3 is 0 Å². The van der Waals surface area contributed by atoms with Crippen molar-refractivity contribution < 1.29 is 4.74 Å². The van der Waals surface area contributed by atoms with Crippen LogP contribution in [0.2, 0.25) is 0 Å². The Balaban J connectivity index is 2.16. The van der Waals surface area contributed by atoms with Crippen LogP contribution in [0.15, 0.2) is 12.4 Å². The second kappa shape index (κ2) is 8.97. The van der Waals surface area contributed by atoms with Crippen LogP contribution < -0.4 is 10.1 Å². The SMILES string of the molecule is CCCNCCCC(C)Oc1cnn(CCC)c1. The molecule has 18 heavy (non-hydrogen) atoms. The molecule has 4 heteroatoms. The van der Waals surface area contributed by atoms with Crippen molar-refractivity contribution in [3.63, 3.8) is 0 Å². The van der Waals surface area contributed by atoms with Crippen molar-refractivity contribution in [2.75, 3.05) is 13.1 Å². The molecule has 1 rings (SSSR count). The van der Waals surface area contributed by atoms with Crippen molar-refractivity contribution in [3.05, 3.63) is 12.4 Å². The lowest BCUT2D eigenvalue weighted by Crippen LogP contribution is -2.19. The molecule has 0 saturated heterocycles. The Morgan fingerprint density at radius 1 is 1.33 bits per heavy atom. The van der Waals surface area contributed by atoms with Gasteiger partial charge in [-0.2, -0.15) is 5.10 Å². The third kappa shape index (κ3) is 6.05. The smallest absolute Gasteiger partial charge is 0.157 e. The molecule has 1 N–H and O–H groups in total. The van der Waals surface area contributed by atoms with Gasteiger partial charge in [0.15, 0.2) is 5.75 Å². The number of aromatic nitrogens is 2. The Morgan fingerprint density at radius 3 is 2.89 bits per heavy atom. The van der Waals surface area contributed by atoms with Crippen LogP contribution in [0.3, 0.4) is 0 Å². The van der Waals surface area contributed by atoms with E-state index in [1.54, 1.807) is 0 Å². The maximum absolute atomic E-state index is 5.84. The third-order valence-corrected chi connectivity index (χ3v) is 2.79. The lowest BCUT2D eigenvalue weighted by molar-refractivity contribution is 0.207. The minimum Gasteiger partial charge on any atom is -0.487 e. The summed E-state index contributed by atoms with van der Waals surface area (Å²) in [7, 11) is 0. The topological polar surface area (TPSA) is 39.1 Å². The summed E-state index contributed by atoms with van der Waals surface area (Å²) in [6.07, 6.45) is 8.58. The Morgan fingerprint density at radius 2 is 2.17 bits per heavy atom. The van der Waals surface area contributed by atoms with Crippen LogP contribution in [0.25, 0.3) is 0 Å². The molecule has 1 heterocycles. The molecule has 4 nitrogen and oxygen atoms in total. The Bertz CT molecular complexity index is 312. The summed E-state index contributed by atoms with van der Waals surface area (Å²) in [6.45, 7) is 9.60. The molecule has 1 aromatic rings. The van der Waals surface area contributed by atoms with Crippen LogP contribution in [-0.4, -0.2) is 29.0 Å². The first-order valence-electron chi connectivity index (χ1n) is 7.16. The zero-order chi connectivity index (χ0) is 13.2. The molecule has 0 fully saturated rings. The Labute approximate surface area is 111 Å². The van der Waals surface area contributed by atoms with Gasteiger partial charge in [0.05, 0.1) is 18.5 Å². The van der Waals surface area contributed by atoms with Gasteiger partial charge in [0.2, 0.25) is 0 Å². The number of hydrogen-bond acceptors (Lipinski definition) is 3. The molecular weight excluding hydrogens is 226 g/mol. The second-order valence-electron chi connectivity index (χ2n) is 4.76. The van der Waals surface area contributed by atoms with Crippen LogP contribution in [0.5, 0.6) is 5.75 Å². The van der Waals surface area contributed by atoms with Crippen LogP contribution in [0, 0.1) is 0 Å². The normalized spacial score (nSPS) is 12.6. The zero-order valence-corrected chi connectivity index (χ0v) is 12.0. The minimum atomic E-state index is 0.257. The summed E-state index contributed by atoms with van der Waals surface area (Å²) in [5.74, 6) is 0.887. The van der Waals surface area contributed by atoms with E-state index in [1.165, 1.54) is 6.42 Å². The molecule has 0 saturated carbocycles. The average molecular weight is 253 g/mol. The van der Waals surface area contributed by atoms with E-state index >= 15 is 0 Å². The summed E-state index contributed by atoms with van der Waals surface area (Å²) in [4.78, 5) is 0. The highest BCUT2D eigenvalue weighted by molar-refractivity contribution is 5.11. The predicted octanol–water partition coefficient (Wildman–Crippen LogP) is 2.84. The molecule has 0 aromatic carbocycles. The van der Waals surface area contributed by atoms with Gasteiger partial charge in [-0.25, -0.2) is 0 Å². The first kappa shape index (κ1) is 15.0. The van der Waals surface area contributed by atoms with Gasteiger partial charge < -0.3 is 10.1 Å². The molecular formula is C14H27N3O.